The lowest BCUT2D eigenvalue weighted by Gasteiger charge is -2.36. The second-order valence-corrected chi connectivity index (χ2v) is 9.07. The van der Waals surface area contributed by atoms with Crippen LogP contribution in [0.15, 0.2) is 22.5 Å². The maximum absolute atomic E-state index is 11.6. The van der Waals surface area contributed by atoms with Crippen LogP contribution in [0, 0.1) is 11.8 Å². The van der Waals surface area contributed by atoms with E-state index >= 15 is 0 Å². The van der Waals surface area contributed by atoms with Gasteiger partial charge in [0.25, 0.3) is 0 Å². The van der Waals surface area contributed by atoms with E-state index in [9.17, 15) is 4.79 Å². The SMILES string of the molecule is CN=C(NCC1CCN(Cc2cccs2)CC1)N1CCC(CC(=O)NC)CC1.I. The Hall–Kier alpha value is -0.870. The van der Waals surface area contributed by atoms with Crippen LogP contribution in [0.4, 0.5) is 0 Å². The first-order valence-electron chi connectivity index (χ1n) is 10.6. The minimum absolute atomic E-state index is 0. The van der Waals surface area contributed by atoms with E-state index in [0.29, 0.717) is 12.3 Å². The highest BCUT2D eigenvalue weighted by Gasteiger charge is 2.24. The molecule has 0 atom stereocenters. The summed E-state index contributed by atoms with van der Waals surface area (Å²) in [5.41, 5.74) is 0. The molecule has 2 aliphatic rings. The third-order valence-electron chi connectivity index (χ3n) is 6.09. The predicted octanol–water partition coefficient (Wildman–Crippen LogP) is 3.00. The number of amides is 1. The van der Waals surface area contributed by atoms with Gasteiger partial charge in [-0.1, -0.05) is 6.07 Å². The van der Waals surface area contributed by atoms with Crippen molar-refractivity contribution in [2.75, 3.05) is 46.8 Å². The molecule has 164 valence electrons. The number of carbonyl (C=O) groups excluding carboxylic acids is 1. The van der Waals surface area contributed by atoms with Gasteiger partial charge in [0, 0.05) is 51.6 Å². The van der Waals surface area contributed by atoms with E-state index in [4.69, 9.17) is 0 Å². The number of piperidine rings is 2. The Bertz CT molecular complexity index is 623. The van der Waals surface area contributed by atoms with E-state index in [1.807, 2.05) is 18.4 Å². The fraction of sp³-hybridized carbons (Fsp3) is 0.714. The molecule has 2 N–H and O–H groups in total. The van der Waals surface area contributed by atoms with Crippen molar-refractivity contribution in [3.63, 3.8) is 0 Å². The standard InChI is InChI=1S/C21H35N5OS.HI/c1-22-20(27)14-17-7-11-26(12-8-17)21(23-2)24-15-18-5-9-25(10-6-18)16-19-4-3-13-28-19;/h3-4,13,17-18H,5-12,14-16H2,1-2H3,(H,22,27)(H,23,24);1H. The topological polar surface area (TPSA) is 60.0 Å². The molecule has 1 amide bonds. The fourth-order valence-electron chi connectivity index (χ4n) is 4.25. The van der Waals surface area contributed by atoms with E-state index in [1.54, 1.807) is 7.05 Å². The Morgan fingerprint density at radius 2 is 1.86 bits per heavy atom. The second-order valence-electron chi connectivity index (χ2n) is 8.03. The smallest absolute Gasteiger partial charge is 0.220 e. The summed E-state index contributed by atoms with van der Waals surface area (Å²) in [6.07, 6.45) is 5.29. The molecule has 2 saturated heterocycles. The molecule has 3 heterocycles. The molecule has 0 unspecified atom stereocenters. The number of guanidine groups is 1. The third kappa shape index (κ3) is 7.71. The number of aliphatic imine (C=N–C) groups is 1. The van der Waals surface area contributed by atoms with E-state index in [-0.39, 0.29) is 29.9 Å². The monoisotopic (exact) mass is 533 g/mol. The van der Waals surface area contributed by atoms with Gasteiger partial charge in [0.15, 0.2) is 5.96 Å². The summed E-state index contributed by atoms with van der Waals surface area (Å²) in [6, 6.07) is 4.38. The van der Waals surface area contributed by atoms with E-state index in [1.165, 1.54) is 30.8 Å². The summed E-state index contributed by atoms with van der Waals surface area (Å²) in [4.78, 5) is 22.5. The van der Waals surface area contributed by atoms with Gasteiger partial charge in [-0.15, -0.1) is 35.3 Å². The first-order chi connectivity index (χ1) is 13.7. The van der Waals surface area contributed by atoms with Crippen molar-refractivity contribution < 1.29 is 4.79 Å². The lowest BCUT2D eigenvalue weighted by Crippen LogP contribution is -2.48. The summed E-state index contributed by atoms with van der Waals surface area (Å²) < 4.78 is 0. The van der Waals surface area contributed by atoms with Crippen LogP contribution in [0.25, 0.3) is 0 Å². The predicted molar refractivity (Wildman–Crippen MR) is 132 cm³/mol. The van der Waals surface area contributed by atoms with Crippen LogP contribution >= 0.6 is 35.3 Å². The quantitative estimate of drug-likeness (QED) is 0.336. The van der Waals surface area contributed by atoms with Crippen molar-refractivity contribution in [3.8, 4) is 0 Å². The number of hydrogen-bond acceptors (Lipinski definition) is 4. The molecule has 8 heteroatoms. The second kappa shape index (κ2) is 12.7. The number of carbonyl (C=O) groups is 1. The summed E-state index contributed by atoms with van der Waals surface area (Å²) in [5, 5.41) is 8.52. The van der Waals surface area contributed by atoms with Gasteiger partial charge in [-0.2, -0.15) is 0 Å². The van der Waals surface area contributed by atoms with Crippen LogP contribution < -0.4 is 10.6 Å². The number of hydrogen-bond donors (Lipinski definition) is 2. The third-order valence-corrected chi connectivity index (χ3v) is 6.96. The van der Waals surface area contributed by atoms with Crippen LogP contribution in [0.5, 0.6) is 0 Å². The molecule has 2 fully saturated rings. The van der Waals surface area contributed by atoms with E-state index in [2.05, 4.69) is 42.9 Å². The van der Waals surface area contributed by atoms with Crippen molar-refractivity contribution in [1.82, 2.24) is 20.4 Å². The summed E-state index contributed by atoms with van der Waals surface area (Å²) >= 11 is 1.86. The maximum Gasteiger partial charge on any atom is 0.220 e. The zero-order chi connectivity index (χ0) is 19.8. The van der Waals surface area contributed by atoms with E-state index in [0.717, 1.165) is 50.9 Å². The number of thiophene rings is 1. The number of likely N-dealkylation sites (tertiary alicyclic amines) is 2. The van der Waals surface area contributed by atoms with Gasteiger partial charge in [0.2, 0.25) is 5.91 Å². The molecule has 0 bridgehead atoms. The molecule has 0 aromatic carbocycles. The van der Waals surface area contributed by atoms with Gasteiger partial charge >= 0.3 is 0 Å². The Morgan fingerprint density at radius 3 is 2.45 bits per heavy atom. The van der Waals surface area contributed by atoms with Crippen LogP contribution in [0.1, 0.15) is 37.0 Å². The Labute approximate surface area is 196 Å². The lowest BCUT2D eigenvalue weighted by molar-refractivity contribution is -0.121. The largest absolute Gasteiger partial charge is 0.359 e. The van der Waals surface area contributed by atoms with E-state index < -0.39 is 0 Å². The van der Waals surface area contributed by atoms with Gasteiger partial charge in [-0.3, -0.25) is 14.7 Å². The Morgan fingerprint density at radius 1 is 1.17 bits per heavy atom. The first kappa shape index (κ1) is 24.4. The average Bonchev–Trinajstić information content (AvgIpc) is 3.23. The van der Waals surface area contributed by atoms with Crippen molar-refractivity contribution in [2.45, 2.75) is 38.6 Å². The molecule has 0 radical (unpaired) electrons. The highest BCUT2D eigenvalue weighted by molar-refractivity contribution is 14.0. The van der Waals surface area contributed by atoms with Crippen LogP contribution in [-0.4, -0.2) is 68.5 Å². The van der Waals surface area contributed by atoms with Crippen molar-refractivity contribution in [1.29, 1.82) is 0 Å². The van der Waals surface area contributed by atoms with Crippen molar-refractivity contribution in [2.24, 2.45) is 16.8 Å². The van der Waals surface area contributed by atoms with Gasteiger partial charge in [0.05, 0.1) is 0 Å². The molecule has 1 aromatic heterocycles. The molecule has 0 aliphatic carbocycles. The highest BCUT2D eigenvalue weighted by Crippen LogP contribution is 2.22. The Balaban J connectivity index is 0.00000300. The molecular weight excluding hydrogens is 497 g/mol. The summed E-state index contributed by atoms with van der Waals surface area (Å²) in [6.45, 7) is 6.46. The van der Waals surface area contributed by atoms with Crippen LogP contribution in [0.3, 0.4) is 0 Å². The van der Waals surface area contributed by atoms with Crippen molar-refractivity contribution in [3.05, 3.63) is 22.4 Å². The van der Waals surface area contributed by atoms with Crippen molar-refractivity contribution >= 4 is 47.2 Å². The zero-order valence-corrected chi connectivity index (χ0v) is 20.9. The molecule has 0 saturated carbocycles. The Kier molecular flexibility index (Phi) is 10.7. The van der Waals surface area contributed by atoms with Gasteiger partial charge in [0.1, 0.15) is 0 Å². The molecule has 2 aliphatic heterocycles. The summed E-state index contributed by atoms with van der Waals surface area (Å²) in [5.74, 6) is 2.41. The molecule has 3 rings (SSSR count). The van der Waals surface area contributed by atoms with Gasteiger partial charge in [-0.05, 0) is 62.1 Å². The van der Waals surface area contributed by atoms with Crippen LogP contribution in [0.2, 0.25) is 0 Å². The minimum atomic E-state index is 0. The van der Waals surface area contributed by atoms with Crippen LogP contribution in [-0.2, 0) is 11.3 Å². The first-order valence-corrected chi connectivity index (χ1v) is 11.5. The van der Waals surface area contributed by atoms with Gasteiger partial charge in [-0.25, -0.2) is 0 Å². The molecule has 1 aromatic rings. The number of nitrogens with zero attached hydrogens (tertiary/aromatic N) is 3. The number of rotatable bonds is 6. The highest BCUT2D eigenvalue weighted by atomic mass is 127. The minimum Gasteiger partial charge on any atom is -0.359 e. The molecule has 6 nitrogen and oxygen atoms in total. The molecule has 29 heavy (non-hydrogen) atoms. The normalized spacial score (nSPS) is 19.7. The summed E-state index contributed by atoms with van der Waals surface area (Å²) in [7, 11) is 3.60. The lowest BCUT2D eigenvalue weighted by atomic mass is 9.93. The number of halogens is 1. The molecular formula is C21H36IN5OS. The average molecular weight is 534 g/mol. The fourth-order valence-corrected chi connectivity index (χ4v) is 5.00. The zero-order valence-electron chi connectivity index (χ0n) is 17.7. The molecule has 0 spiro atoms. The van der Waals surface area contributed by atoms with Gasteiger partial charge < -0.3 is 15.5 Å². The number of nitrogens with one attached hydrogen (secondary N) is 2. The maximum atomic E-state index is 11.6.